The van der Waals surface area contributed by atoms with Crippen LogP contribution >= 0.6 is 34.8 Å². The zero-order valence-electron chi connectivity index (χ0n) is 13.5. The molecule has 6 nitrogen and oxygen atoms in total. The van der Waals surface area contributed by atoms with Crippen molar-refractivity contribution < 1.29 is 19.4 Å². The van der Waals surface area contributed by atoms with Crippen molar-refractivity contribution in [3.63, 3.8) is 0 Å². The first-order valence-electron chi connectivity index (χ1n) is 7.45. The van der Waals surface area contributed by atoms with Crippen molar-refractivity contribution in [3.8, 4) is 11.5 Å². The van der Waals surface area contributed by atoms with Gasteiger partial charge in [0.1, 0.15) is 17.1 Å². The van der Waals surface area contributed by atoms with E-state index in [2.05, 4.69) is 5.32 Å². The van der Waals surface area contributed by atoms with Crippen molar-refractivity contribution in [1.29, 1.82) is 0 Å². The number of phenolic OH excluding ortho intramolecular Hbond substituents is 1. The maximum atomic E-state index is 13.0. The summed E-state index contributed by atoms with van der Waals surface area (Å²) in [5, 5.41) is 12.1. The second kappa shape index (κ2) is 7.42. The number of methoxy groups -OCH3 is 1. The molecule has 1 aliphatic heterocycles. The lowest BCUT2D eigenvalue weighted by Gasteiger charge is -2.29. The number of carbonyl (C=O) groups is 2. The molecular formula is C18H13IN2O4S. The van der Waals surface area contributed by atoms with Gasteiger partial charge in [0.25, 0.3) is 11.8 Å². The number of carbonyl (C=O) groups excluding carboxylic acids is 2. The summed E-state index contributed by atoms with van der Waals surface area (Å²) in [6.45, 7) is 0. The number of benzene rings is 2. The highest BCUT2D eigenvalue weighted by atomic mass is 127. The molecule has 1 heterocycles. The lowest BCUT2D eigenvalue weighted by molar-refractivity contribution is -0.122. The second-order valence-electron chi connectivity index (χ2n) is 5.34. The van der Waals surface area contributed by atoms with E-state index in [-0.39, 0.29) is 16.4 Å². The monoisotopic (exact) mass is 480 g/mol. The van der Waals surface area contributed by atoms with E-state index >= 15 is 0 Å². The van der Waals surface area contributed by atoms with E-state index in [4.69, 9.17) is 17.0 Å². The number of nitrogens with one attached hydrogen (secondary N) is 1. The van der Waals surface area contributed by atoms with Gasteiger partial charge < -0.3 is 9.84 Å². The zero-order chi connectivity index (χ0) is 18.8. The Bertz CT molecular complexity index is 958. The third kappa shape index (κ3) is 3.42. The average molecular weight is 480 g/mol. The standard InChI is InChI=1S/C18H13IN2O4S/c1-25-15-5-3-2-4-13(15)21-17(24)11(16(23)20-18(21)26)8-10-6-7-14(22)12(19)9-10/h2-9,22H,1H3,(H,20,23,26)/b11-8-. The first kappa shape index (κ1) is 18.3. The number of thiocarbonyl (C=S) groups is 1. The van der Waals surface area contributed by atoms with Gasteiger partial charge in [0.05, 0.1) is 16.4 Å². The van der Waals surface area contributed by atoms with Crippen LogP contribution in [0.1, 0.15) is 5.56 Å². The van der Waals surface area contributed by atoms with Crippen LogP contribution in [0.25, 0.3) is 6.08 Å². The summed E-state index contributed by atoms with van der Waals surface area (Å²) in [6, 6.07) is 11.7. The Hall–Kier alpha value is -2.46. The molecule has 0 atom stereocenters. The minimum absolute atomic E-state index is 0.0121. The second-order valence-corrected chi connectivity index (χ2v) is 6.89. The highest BCUT2D eigenvalue weighted by molar-refractivity contribution is 14.1. The Morgan fingerprint density at radius 1 is 1.23 bits per heavy atom. The number of amides is 2. The predicted molar refractivity (Wildman–Crippen MR) is 110 cm³/mol. The van der Waals surface area contributed by atoms with Gasteiger partial charge in [-0.15, -0.1) is 0 Å². The minimum Gasteiger partial charge on any atom is -0.507 e. The van der Waals surface area contributed by atoms with Crippen molar-refractivity contribution in [2.75, 3.05) is 12.0 Å². The molecule has 0 unspecified atom stereocenters. The average Bonchev–Trinajstić information content (AvgIpc) is 2.62. The quantitative estimate of drug-likeness (QED) is 0.306. The van der Waals surface area contributed by atoms with Crippen molar-refractivity contribution >= 4 is 63.5 Å². The maximum absolute atomic E-state index is 13.0. The molecule has 0 bridgehead atoms. The largest absolute Gasteiger partial charge is 0.507 e. The summed E-state index contributed by atoms with van der Waals surface area (Å²) in [7, 11) is 1.49. The molecule has 0 saturated carbocycles. The number of para-hydroxylation sites is 2. The van der Waals surface area contributed by atoms with E-state index in [1.165, 1.54) is 24.2 Å². The van der Waals surface area contributed by atoms with Gasteiger partial charge in [-0.3, -0.25) is 14.9 Å². The molecule has 2 aromatic rings. The van der Waals surface area contributed by atoms with Crippen LogP contribution in [0.5, 0.6) is 11.5 Å². The van der Waals surface area contributed by atoms with Gasteiger partial charge in [-0.2, -0.15) is 0 Å². The van der Waals surface area contributed by atoms with Crippen molar-refractivity contribution in [1.82, 2.24) is 5.32 Å². The smallest absolute Gasteiger partial charge is 0.270 e. The highest BCUT2D eigenvalue weighted by Crippen LogP contribution is 2.31. The van der Waals surface area contributed by atoms with Crippen LogP contribution in [0.4, 0.5) is 5.69 Å². The van der Waals surface area contributed by atoms with Gasteiger partial charge >= 0.3 is 0 Å². The summed E-state index contributed by atoms with van der Waals surface area (Å²) in [4.78, 5) is 26.5. The van der Waals surface area contributed by atoms with Crippen LogP contribution in [0, 0.1) is 3.57 Å². The summed E-state index contributed by atoms with van der Waals surface area (Å²) in [5.41, 5.74) is 0.987. The first-order valence-corrected chi connectivity index (χ1v) is 8.94. The fourth-order valence-electron chi connectivity index (χ4n) is 2.47. The van der Waals surface area contributed by atoms with E-state index in [1.807, 2.05) is 22.6 Å². The number of rotatable bonds is 3. The molecular weight excluding hydrogens is 467 g/mol. The molecule has 1 aliphatic rings. The molecule has 0 spiro atoms. The highest BCUT2D eigenvalue weighted by Gasteiger charge is 2.35. The normalized spacial score (nSPS) is 16.0. The van der Waals surface area contributed by atoms with Crippen LogP contribution in [-0.4, -0.2) is 29.1 Å². The lowest BCUT2D eigenvalue weighted by atomic mass is 10.1. The lowest BCUT2D eigenvalue weighted by Crippen LogP contribution is -2.54. The number of phenols is 1. The molecule has 2 aromatic carbocycles. The molecule has 8 heteroatoms. The Kier molecular flexibility index (Phi) is 5.23. The molecule has 26 heavy (non-hydrogen) atoms. The van der Waals surface area contributed by atoms with Gasteiger partial charge in [-0.1, -0.05) is 18.2 Å². The number of anilines is 1. The number of nitrogens with zero attached hydrogens (tertiary/aromatic N) is 1. The number of ether oxygens (including phenoxy) is 1. The Morgan fingerprint density at radius 2 is 1.96 bits per heavy atom. The predicted octanol–water partition coefficient (Wildman–Crippen LogP) is 2.84. The van der Waals surface area contributed by atoms with Gasteiger partial charge in [-0.25, -0.2) is 4.90 Å². The van der Waals surface area contributed by atoms with Gasteiger partial charge in [0.2, 0.25) is 0 Å². The van der Waals surface area contributed by atoms with Crippen LogP contribution in [0.3, 0.4) is 0 Å². The molecule has 1 fully saturated rings. The van der Waals surface area contributed by atoms with E-state index in [9.17, 15) is 14.7 Å². The molecule has 132 valence electrons. The number of aromatic hydroxyl groups is 1. The van der Waals surface area contributed by atoms with Crippen LogP contribution in [0.2, 0.25) is 0 Å². The van der Waals surface area contributed by atoms with E-state index < -0.39 is 11.8 Å². The van der Waals surface area contributed by atoms with Gasteiger partial charge in [0, 0.05) is 0 Å². The molecule has 0 aromatic heterocycles. The Labute approximate surface area is 168 Å². The van der Waals surface area contributed by atoms with E-state index in [1.54, 1.807) is 36.4 Å². The number of hydrogen-bond acceptors (Lipinski definition) is 5. The SMILES string of the molecule is COc1ccccc1N1C(=O)/C(=C\c2ccc(O)c(I)c2)C(=O)NC1=S. The number of hydrogen-bond donors (Lipinski definition) is 2. The Balaban J connectivity index is 2.05. The fourth-order valence-corrected chi connectivity index (χ4v) is 3.28. The summed E-state index contributed by atoms with van der Waals surface area (Å²) in [6.07, 6.45) is 1.46. The topological polar surface area (TPSA) is 78.9 Å². The molecule has 3 rings (SSSR count). The van der Waals surface area contributed by atoms with Crippen LogP contribution in [0.15, 0.2) is 48.0 Å². The van der Waals surface area contributed by atoms with Crippen molar-refractivity contribution in [3.05, 3.63) is 57.2 Å². The third-order valence-electron chi connectivity index (χ3n) is 3.71. The van der Waals surface area contributed by atoms with Crippen molar-refractivity contribution in [2.45, 2.75) is 0 Å². The maximum Gasteiger partial charge on any atom is 0.270 e. The zero-order valence-corrected chi connectivity index (χ0v) is 16.5. The molecule has 2 amide bonds. The number of halogens is 1. The van der Waals surface area contributed by atoms with Gasteiger partial charge in [0.15, 0.2) is 5.11 Å². The Morgan fingerprint density at radius 3 is 2.65 bits per heavy atom. The first-order chi connectivity index (χ1) is 12.4. The van der Waals surface area contributed by atoms with E-state index in [0.717, 1.165) is 0 Å². The summed E-state index contributed by atoms with van der Waals surface area (Å²) >= 11 is 7.15. The van der Waals surface area contributed by atoms with Gasteiger partial charge in [-0.05, 0) is 70.7 Å². The summed E-state index contributed by atoms with van der Waals surface area (Å²) < 4.78 is 5.90. The third-order valence-corrected chi connectivity index (χ3v) is 4.86. The molecule has 2 N–H and O–H groups in total. The van der Waals surface area contributed by atoms with E-state index in [0.29, 0.717) is 20.6 Å². The van der Waals surface area contributed by atoms with Crippen molar-refractivity contribution in [2.24, 2.45) is 0 Å². The fraction of sp³-hybridized carbons (Fsp3) is 0.0556. The molecule has 0 aliphatic carbocycles. The molecule has 1 saturated heterocycles. The van der Waals surface area contributed by atoms with Crippen LogP contribution in [-0.2, 0) is 9.59 Å². The molecule has 0 radical (unpaired) electrons. The van der Waals surface area contributed by atoms with Crippen LogP contribution < -0.4 is 15.0 Å². The minimum atomic E-state index is -0.575. The summed E-state index contributed by atoms with van der Waals surface area (Å²) in [5.74, 6) is -0.539.